The number of methoxy groups -OCH3 is 1. The Morgan fingerprint density at radius 3 is 2.90 bits per heavy atom. The zero-order valence-electron chi connectivity index (χ0n) is 11.6. The highest BCUT2D eigenvalue weighted by Gasteiger charge is 2.12. The molecular weight excluding hydrogens is 273 g/mol. The normalized spacial score (nSPS) is 10.2. The van der Waals surface area contributed by atoms with Gasteiger partial charge in [0.15, 0.2) is 0 Å². The Hall–Kier alpha value is -2.47. The van der Waals surface area contributed by atoms with E-state index in [1.807, 2.05) is 0 Å². The van der Waals surface area contributed by atoms with E-state index in [0.29, 0.717) is 22.4 Å². The third-order valence-corrected chi connectivity index (χ3v) is 3.04. The van der Waals surface area contributed by atoms with Crippen molar-refractivity contribution in [2.24, 2.45) is 5.73 Å². The number of nitrogens with one attached hydrogen (secondary N) is 1. The first-order chi connectivity index (χ1) is 10.2. The molecule has 0 aliphatic rings. The van der Waals surface area contributed by atoms with Crippen molar-refractivity contribution in [3.8, 4) is 5.75 Å². The van der Waals surface area contributed by atoms with Gasteiger partial charge in [0.25, 0.3) is 5.91 Å². The fraction of sp³-hybridized carbons (Fsp3) is 0.200. The lowest BCUT2D eigenvalue weighted by molar-refractivity contribution is 0.0947. The van der Waals surface area contributed by atoms with Crippen molar-refractivity contribution in [3.05, 3.63) is 59.2 Å². The molecule has 1 amide bonds. The van der Waals surface area contributed by atoms with E-state index in [1.54, 1.807) is 18.2 Å². The van der Waals surface area contributed by atoms with Crippen molar-refractivity contribution in [2.75, 3.05) is 7.11 Å². The molecule has 0 bridgehead atoms. The number of carbonyl (C=O) groups is 1. The van der Waals surface area contributed by atoms with Crippen LogP contribution in [0.1, 0.15) is 21.5 Å². The maximum Gasteiger partial charge on any atom is 0.255 e. The van der Waals surface area contributed by atoms with Crippen LogP contribution < -0.4 is 15.8 Å². The van der Waals surface area contributed by atoms with E-state index < -0.39 is 0 Å². The number of hydrogen-bond acceptors (Lipinski definition) is 4. The van der Waals surface area contributed by atoms with Crippen molar-refractivity contribution in [2.45, 2.75) is 13.1 Å². The zero-order valence-corrected chi connectivity index (χ0v) is 11.6. The molecule has 3 N–H and O–H groups in total. The van der Waals surface area contributed by atoms with Crippen molar-refractivity contribution in [1.82, 2.24) is 10.3 Å². The first-order valence-corrected chi connectivity index (χ1v) is 6.39. The van der Waals surface area contributed by atoms with Gasteiger partial charge in [0, 0.05) is 24.8 Å². The molecule has 1 aromatic heterocycles. The summed E-state index contributed by atoms with van der Waals surface area (Å²) in [4.78, 5) is 15.9. The summed E-state index contributed by atoms with van der Waals surface area (Å²) < 4.78 is 18.9. The standard InChI is InChI=1S/C15H16FN3O2/c1-21-14-9-18-5-4-12(14)15(20)19-8-11-3-2-10(7-17)6-13(11)16/h2-6,9H,7-8,17H2,1H3,(H,19,20). The highest BCUT2D eigenvalue weighted by molar-refractivity contribution is 5.96. The predicted molar refractivity (Wildman–Crippen MR) is 76.3 cm³/mol. The number of amides is 1. The highest BCUT2D eigenvalue weighted by Crippen LogP contribution is 2.16. The molecule has 2 aromatic rings. The molecule has 0 fully saturated rings. The van der Waals surface area contributed by atoms with E-state index in [1.165, 1.54) is 25.6 Å². The molecule has 0 unspecified atom stereocenters. The van der Waals surface area contributed by atoms with Gasteiger partial charge in [-0.1, -0.05) is 12.1 Å². The summed E-state index contributed by atoms with van der Waals surface area (Å²) in [7, 11) is 1.46. The van der Waals surface area contributed by atoms with E-state index >= 15 is 0 Å². The molecule has 0 spiro atoms. The van der Waals surface area contributed by atoms with E-state index in [2.05, 4.69) is 10.3 Å². The van der Waals surface area contributed by atoms with Gasteiger partial charge in [0.1, 0.15) is 11.6 Å². The van der Waals surface area contributed by atoms with Crippen LogP contribution in [0.15, 0.2) is 36.7 Å². The monoisotopic (exact) mass is 289 g/mol. The number of nitrogens with zero attached hydrogens (tertiary/aromatic N) is 1. The van der Waals surface area contributed by atoms with Gasteiger partial charge in [-0.05, 0) is 17.7 Å². The number of rotatable bonds is 5. The van der Waals surface area contributed by atoms with Gasteiger partial charge in [-0.25, -0.2) is 4.39 Å². The minimum atomic E-state index is -0.389. The van der Waals surface area contributed by atoms with Crippen LogP contribution in [0.3, 0.4) is 0 Å². The average molecular weight is 289 g/mol. The summed E-state index contributed by atoms with van der Waals surface area (Å²) in [5.74, 6) is -0.370. The lowest BCUT2D eigenvalue weighted by Crippen LogP contribution is -2.24. The van der Waals surface area contributed by atoms with Crippen LogP contribution in [-0.4, -0.2) is 18.0 Å². The molecule has 0 aliphatic heterocycles. The minimum absolute atomic E-state index is 0.0843. The second kappa shape index (κ2) is 6.81. The summed E-state index contributed by atoms with van der Waals surface area (Å²) in [6.45, 7) is 0.360. The number of halogens is 1. The van der Waals surface area contributed by atoms with Crippen molar-refractivity contribution in [3.63, 3.8) is 0 Å². The predicted octanol–water partition coefficient (Wildman–Crippen LogP) is 1.62. The molecule has 0 saturated heterocycles. The molecule has 0 aliphatic carbocycles. The summed E-state index contributed by atoms with van der Waals surface area (Å²) in [5.41, 5.74) is 6.90. The largest absolute Gasteiger partial charge is 0.494 e. The molecule has 5 nitrogen and oxygen atoms in total. The SMILES string of the molecule is COc1cnccc1C(=O)NCc1ccc(CN)cc1F. The minimum Gasteiger partial charge on any atom is -0.494 e. The van der Waals surface area contributed by atoms with Gasteiger partial charge >= 0.3 is 0 Å². The smallest absolute Gasteiger partial charge is 0.255 e. The van der Waals surface area contributed by atoms with Crippen molar-refractivity contribution >= 4 is 5.91 Å². The third-order valence-electron chi connectivity index (χ3n) is 3.04. The first-order valence-electron chi connectivity index (χ1n) is 6.39. The molecule has 21 heavy (non-hydrogen) atoms. The van der Waals surface area contributed by atoms with Crippen LogP contribution in [0.5, 0.6) is 5.75 Å². The van der Waals surface area contributed by atoms with Gasteiger partial charge in [-0.2, -0.15) is 0 Å². The summed E-state index contributed by atoms with van der Waals surface area (Å²) >= 11 is 0. The maximum atomic E-state index is 13.8. The number of aromatic nitrogens is 1. The van der Waals surface area contributed by atoms with Crippen LogP contribution in [0.2, 0.25) is 0 Å². The Bertz CT molecular complexity index is 647. The molecule has 1 aromatic carbocycles. The molecule has 0 radical (unpaired) electrons. The maximum absolute atomic E-state index is 13.8. The van der Waals surface area contributed by atoms with Crippen LogP contribution in [0.25, 0.3) is 0 Å². The van der Waals surface area contributed by atoms with Gasteiger partial charge < -0.3 is 15.8 Å². The Kier molecular flexibility index (Phi) is 4.84. The Morgan fingerprint density at radius 1 is 1.43 bits per heavy atom. The van der Waals surface area contributed by atoms with E-state index in [0.717, 1.165) is 0 Å². The van der Waals surface area contributed by atoms with Crippen LogP contribution in [0.4, 0.5) is 4.39 Å². The van der Waals surface area contributed by atoms with Crippen molar-refractivity contribution < 1.29 is 13.9 Å². The molecule has 2 rings (SSSR count). The number of carbonyl (C=O) groups excluding carboxylic acids is 1. The number of pyridine rings is 1. The second-order valence-electron chi connectivity index (χ2n) is 4.39. The summed E-state index contributed by atoms with van der Waals surface area (Å²) in [6, 6.07) is 6.26. The van der Waals surface area contributed by atoms with E-state index in [4.69, 9.17) is 10.5 Å². The fourth-order valence-corrected chi connectivity index (χ4v) is 1.86. The topological polar surface area (TPSA) is 77.2 Å². The molecule has 110 valence electrons. The van der Waals surface area contributed by atoms with Gasteiger partial charge in [0.05, 0.1) is 18.9 Å². The molecule has 0 saturated carbocycles. The van der Waals surface area contributed by atoms with Crippen LogP contribution in [0, 0.1) is 5.82 Å². The number of ether oxygens (including phenoxy) is 1. The first kappa shape index (κ1) is 14.9. The lowest BCUT2D eigenvalue weighted by Gasteiger charge is -2.09. The van der Waals surface area contributed by atoms with E-state index in [-0.39, 0.29) is 24.8 Å². The fourth-order valence-electron chi connectivity index (χ4n) is 1.86. The number of hydrogen-bond donors (Lipinski definition) is 2. The van der Waals surface area contributed by atoms with Gasteiger partial charge in [-0.15, -0.1) is 0 Å². The number of benzene rings is 1. The van der Waals surface area contributed by atoms with Crippen LogP contribution >= 0.6 is 0 Å². The summed E-state index contributed by atoms with van der Waals surface area (Å²) in [5, 5.41) is 2.65. The number of nitrogens with two attached hydrogens (primary N) is 1. The Labute approximate surface area is 121 Å². The van der Waals surface area contributed by atoms with Crippen LogP contribution in [-0.2, 0) is 13.1 Å². The second-order valence-corrected chi connectivity index (χ2v) is 4.39. The quantitative estimate of drug-likeness (QED) is 0.877. The van der Waals surface area contributed by atoms with Gasteiger partial charge in [-0.3, -0.25) is 9.78 Å². The Balaban J connectivity index is 2.07. The molecular formula is C15H16FN3O2. The highest BCUT2D eigenvalue weighted by atomic mass is 19.1. The lowest BCUT2D eigenvalue weighted by atomic mass is 10.1. The molecule has 1 heterocycles. The summed E-state index contributed by atoms with van der Waals surface area (Å²) in [6.07, 6.45) is 2.94. The zero-order chi connectivity index (χ0) is 15.2. The average Bonchev–Trinajstić information content (AvgIpc) is 2.53. The Morgan fingerprint density at radius 2 is 2.24 bits per heavy atom. The van der Waals surface area contributed by atoms with E-state index in [9.17, 15) is 9.18 Å². The molecule has 6 heteroatoms. The van der Waals surface area contributed by atoms with Crippen molar-refractivity contribution in [1.29, 1.82) is 0 Å². The van der Waals surface area contributed by atoms with Gasteiger partial charge in [0.2, 0.25) is 0 Å². The third kappa shape index (κ3) is 3.55. The molecule has 0 atom stereocenters.